The fraction of sp³-hybridized carbons (Fsp3) is 0.357. The van der Waals surface area contributed by atoms with Gasteiger partial charge in [0.15, 0.2) is 0 Å². The molecule has 0 saturated carbocycles. The molecule has 6 heteroatoms. The average molecular weight is 273 g/mol. The Labute approximate surface area is 118 Å². The lowest BCUT2D eigenvalue weighted by atomic mass is 10.1. The van der Waals surface area contributed by atoms with Crippen LogP contribution >= 0.6 is 0 Å². The fourth-order valence-corrected chi connectivity index (χ4v) is 2.07. The maximum Gasteiger partial charge on any atom is 0.256 e. The van der Waals surface area contributed by atoms with Crippen molar-refractivity contribution >= 4 is 5.91 Å². The molecule has 0 unspecified atom stereocenters. The molecule has 106 valence electrons. The third-order valence-electron chi connectivity index (χ3n) is 3.08. The van der Waals surface area contributed by atoms with Crippen LogP contribution in [0.3, 0.4) is 0 Å². The van der Waals surface area contributed by atoms with E-state index in [2.05, 4.69) is 10.2 Å². The Morgan fingerprint density at radius 2 is 2.05 bits per heavy atom. The monoisotopic (exact) mass is 273 g/mol. The van der Waals surface area contributed by atoms with Crippen LogP contribution in [0.1, 0.15) is 22.8 Å². The average Bonchev–Trinajstić information content (AvgIpc) is 2.98. The first-order valence-corrected chi connectivity index (χ1v) is 6.64. The summed E-state index contributed by atoms with van der Waals surface area (Å²) in [5.74, 6) is -0.0473. The molecule has 1 amide bonds. The van der Waals surface area contributed by atoms with Crippen LogP contribution in [-0.2, 0) is 0 Å². The maximum atomic E-state index is 12.6. The number of nitrogens with zero attached hydrogens (tertiary/aromatic N) is 4. The Morgan fingerprint density at radius 1 is 1.35 bits per heavy atom. The molecule has 20 heavy (non-hydrogen) atoms. The van der Waals surface area contributed by atoms with Crippen molar-refractivity contribution in [2.24, 2.45) is 5.73 Å². The van der Waals surface area contributed by atoms with Gasteiger partial charge in [0.2, 0.25) is 0 Å². The van der Waals surface area contributed by atoms with Gasteiger partial charge in [-0.3, -0.25) is 4.79 Å². The molecule has 2 rings (SSSR count). The zero-order valence-electron chi connectivity index (χ0n) is 11.8. The van der Waals surface area contributed by atoms with Crippen LogP contribution in [-0.4, -0.2) is 45.4 Å². The topological polar surface area (TPSA) is 77.0 Å². The fourth-order valence-electron chi connectivity index (χ4n) is 2.07. The number of amides is 1. The van der Waals surface area contributed by atoms with Crippen molar-refractivity contribution in [3.63, 3.8) is 0 Å². The summed E-state index contributed by atoms with van der Waals surface area (Å²) in [4.78, 5) is 15.8. The van der Waals surface area contributed by atoms with E-state index in [0.717, 1.165) is 5.56 Å². The first-order valence-electron chi connectivity index (χ1n) is 6.64. The number of hydrogen-bond donors (Lipinski definition) is 1. The van der Waals surface area contributed by atoms with Gasteiger partial charge in [0.25, 0.3) is 5.91 Å². The predicted octanol–water partition coefficient (Wildman–Crippen LogP) is 0.997. The van der Waals surface area contributed by atoms with Crippen molar-refractivity contribution in [2.75, 3.05) is 19.6 Å². The quantitative estimate of drug-likeness (QED) is 0.881. The van der Waals surface area contributed by atoms with Gasteiger partial charge < -0.3 is 10.6 Å². The summed E-state index contributed by atoms with van der Waals surface area (Å²) in [6.07, 6.45) is 3.18. The third kappa shape index (κ3) is 2.85. The van der Waals surface area contributed by atoms with Gasteiger partial charge >= 0.3 is 0 Å². The Bertz CT molecular complexity index is 579. The number of aromatic nitrogens is 3. The molecular weight excluding hydrogens is 254 g/mol. The Kier molecular flexibility index (Phi) is 4.47. The normalized spacial score (nSPS) is 10.6. The van der Waals surface area contributed by atoms with Gasteiger partial charge in [-0.2, -0.15) is 15.0 Å². The molecule has 0 atom stereocenters. The molecule has 1 heterocycles. The minimum atomic E-state index is -0.0473. The Hall–Kier alpha value is -2.21. The lowest BCUT2D eigenvalue weighted by Crippen LogP contribution is -2.35. The highest BCUT2D eigenvalue weighted by molar-refractivity contribution is 5.97. The molecule has 0 saturated heterocycles. The molecule has 6 nitrogen and oxygen atoms in total. The largest absolute Gasteiger partial charge is 0.338 e. The molecular formula is C14H19N5O. The predicted molar refractivity (Wildman–Crippen MR) is 76.7 cm³/mol. The molecule has 0 fully saturated rings. The summed E-state index contributed by atoms with van der Waals surface area (Å²) < 4.78 is 0. The van der Waals surface area contributed by atoms with E-state index in [0.29, 0.717) is 30.9 Å². The van der Waals surface area contributed by atoms with Crippen molar-refractivity contribution < 1.29 is 4.79 Å². The number of likely N-dealkylation sites (N-methyl/N-ethyl adjacent to an activating group) is 1. The van der Waals surface area contributed by atoms with Gasteiger partial charge in [-0.1, -0.05) is 11.6 Å². The van der Waals surface area contributed by atoms with E-state index >= 15 is 0 Å². The molecule has 0 spiro atoms. The van der Waals surface area contributed by atoms with Gasteiger partial charge in [0.1, 0.15) is 0 Å². The van der Waals surface area contributed by atoms with Crippen molar-refractivity contribution in [2.45, 2.75) is 13.8 Å². The molecule has 0 aliphatic carbocycles. The van der Waals surface area contributed by atoms with Crippen molar-refractivity contribution in [1.82, 2.24) is 19.9 Å². The molecule has 1 aromatic carbocycles. The van der Waals surface area contributed by atoms with E-state index in [-0.39, 0.29) is 5.91 Å². The standard InChI is InChI=1S/C14H19N5O/c1-3-18(9-6-15)14(20)12-10-11(2)4-5-13(12)19-16-7-8-17-19/h4-5,7-8,10H,3,6,9,15H2,1-2H3. The number of rotatable bonds is 5. The highest BCUT2D eigenvalue weighted by Crippen LogP contribution is 2.17. The number of nitrogens with two attached hydrogens (primary N) is 1. The van der Waals surface area contributed by atoms with E-state index < -0.39 is 0 Å². The molecule has 0 aliphatic rings. The molecule has 0 aliphatic heterocycles. The smallest absolute Gasteiger partial charge is 0.256 e. The number of benzene rings is 1. The zero-order chi connectivity index (χ0) is 14.5. The van der Waals surface area contributed by atoms with Gasteiger partial charge in [-0.15, -0.1) is 0 Å². The third-order valence-corrected chi connectivity index (χ3v) is 3.08. The highest BCUT2D eigenvalue weighted by atomic mass is 16.2. The van der Waals surface area contributed by atoms with Crippen LogP contribution in [0.5, 0.6) is 0 Å². The second kappa shape index (κ2) is 6.29. The second-order valence-corrected chi connectivity index (χ2v) is 4.51. The number of carbonyl (C=O) groups is 1. The van der Waals surface area contributed by atoms with E-state index in [1.807, 2.05) is 32.0 Å². The van der Waals surface area contributed by atoms with Gasteiger partial charge in [0.05, 0.1) is 23.6 Å². The van der Waals surface area contributed by atoms with Crippen molar-refractivity contribution in [3.8, 4) is 5.69 Å². The number of aryl methyl sites for hydroxylation is 1. The summed E-state index contributed by atoms with van der Waals surface area (Å²) >= 11 is 0. The molecule has 1 aromatic heterocycles. The van der Waals surface area contributed by atoms with E-state index in [4.69, 9.17) is 5.73 Å². The maximum absolute atomic E-state index is 12.6. The highest BCUT2D eigenvalue weighted by Gasteiger charge is 2.19. The SMILES string of the molecule is CCN(CCN)C(=O)c1cc(C)ccc1-n1nccn1. The Balaban J connectivity index is 2.44. The second-order valence-electron chi connectivity index (χ2n) is 4.51. The summed E-state index contributed by atoms with van der Waals surface area (Å²) in [5, 5.41) is 8.20. The minimum Gasteiger partial charge on any atom is -0.338 e. The molecule has 2 aromatic rings. The summed E-state index contributed by atoms with van der Waals surface area (Å²) in [7, 11) is 0. The van der Waals surface area contributed by atoms with Crippen LogP contribution in [0.2, 0.25) is 0 Å². The van der Waals surface area contributed by atoms with E-state index in [9.17, 15) is 4.79 Å². The van der Waals surface area contributed by atoms with Crippen LogP contribution in [0.15, 0.2) is 30.6 Å². The van der Waals surface area contributed by atoms with Crippen molar-refractivity contribution in [3.05, 3.63) is 41.7 Å². The van der Waals surface area contributed by atoms with Crippen LogP contribution in [0.4, 0.5) is 0 Å². The van der Waals surface area contributed by atoms with E-state index in [1.54, 1.807) is 17.3 Å². The molecule has 2 N–H and O–H groups in total. The van der Waals surface area contributed by atoms with Crippen LogP contribution in [0, 0.1) is 6.92 Å². The van der Waals surface area contributed by atoms with Crippen LogP contribution in [0.25, 0.3) is 5.69 Å². The van der Waals surface area contributed by atoms with Gasteiger partial charge in [-0.25, -0.2) is 0 Å². The summed E-state index contributed by atoms with van der Waals surface area (Å²) in [5.41, 5.74) is 7.86. The number of hydrogen-bond acceptors (Lipinski definition) is 4. The first kappa shape index (κ1) is 14.2. The zero-order valence-corrected chi connectivity index (χ0v) is 11.8. The minimum absolute atomic E-state index is 0.0473. The Morgan fingerprint density at radius 3 is 2.65 bits per heavy atom. The summed E-state index contributed by atoms with van der Waals surface area (Å²) in [6, 6.07) is 5.66. The molecule has 0 radical (unpaired) electrons. The lowest BCUT2D eigenvalue weighted by molar-refractivity contribution is 0.0768. The van der Waals surface area contributed by atoms with Gasteiger partial charge in [-0.05, 0) is 26.0 Å². The summed E-state index contributed by atoms with van der Waals surface area (Å²) in [6.45, 7) is 5.50. The molecule has 0 bridgehead atoms. The van der Waals surface area contributed by atoms with Gasteiger partial charge in [0, 0.05) is 19.6 Å². The first-order chi connectivity index (χ1) is 9.67. The lowest BCUT2D eigenvalue weighted by Gasteiger charge is -2.21. The number of carbonyl (C=O) groups excluding carboxylic acids is 1. The van der Waals surface area contributed by atoms with Crippen molar-refractivity contribution in [1.29, 1.82) is 0 Å². The van der Waals surface area contributed by atoms with E-state index in [1.165, 1.54) is 4.80 Å². The van der Waals surface area contributed by atoms with Crippen LogP contribution < -0.4 is 5.73 Å².